The molecular weight excluding hydrogens is 398 g/mol. The van der Waals surface area contributed by atoms with Crippen LogP contribution in [-0.4, -0.2) is 31.6 Å². The quantitative estimate of drug-likeness (QED) is 0.559. The Labute approximate surface area is 153 Å². The third-order valence-electron chi connectivity index (χ3n) is 2.93. The Morgan fingerprint density at radius 2 is 1.67 bits per heavy atom. The lowest BCUT2D eigenvalue weighted by Crippen LogP contribution is -2.31. The van der Waals surface area contributed by atoms with Crippen molar-refractivity contribution in [2.24, 2.45) is 0 Å². The van der Waals surface area contributed by atoms with Crippen LogP contribution in [0.3, 0.4) is 0 Å². The fourth-order valence-corrected chi connectivity index (χ4v) is 2.14. The summed E-state index contributed by atoms with van der Waals surface area (Å²) in [6.45, 7) is 0.111. The van der Waals surface area contributed by atoms with Crippen molar-refractivity contribution in [3.8, 4) is 5.75 Å². The highest BCUT2D eigenvalue weighted by Gasteiger charge is 2.08. The van der Waals surface area contributed by atoms with Gasteiger partial charge in [-0.05, 0) is 48.5 Å². The highest BCUT2D eigenvalue weighted by atomic mass is 79.9. The van der Waals surface area contributed by atoms with Crippen molar-refractivity contribution >= 4 is 39.4 Å². The highest BCUT2D eigenvalue weighted by Crippen LogP contribution is 2.15. The van der Waals surface area contributed by atoms with Crippen LogP contribution in [0.4, 0.5) is 0 Å². The maximum atomic E-state index is 11.8. The molecule has 0 bridgehead atoms. The summed E-state index contributed by atoms with van der Waals surface area (Å²) >= 11 is 9.05. The predicted molar refractivity (Wildman–Crippen MR) is 94.4 cm³/mol. The molecule has 1 N–H and O–H groups in total. The number of carbonyl (C=O) groups is 2. The third kappa shape index (κ3) is 6.22. The average molecular weight is 413 g/mol. The number of carbonyl (C=O) groups excluding carboxylic acids is 2. The van der Waals surface area contributed by atoms with Crippen LogP contribution in [0.2, 0.25) is 5.02 Å². The zero-order valence-electron chi connectivity index (χ0n) is 12.6. The minimum Gasteiger partial charge on any atom is -0.490 e. The molecule has 0 fully saturated rings. The minimum absolute atomic E-state index is 0.0929. The molecule has 2 aromatic rings. The molecule has 0 aliphatic heterocycles. The van der Waals surface area contributed by atoms with Gasteiger partial charge in [0, 0.05) is 15.1 Å². The van der Waals surface area contributed by atoms with Crippen molar-refractivity contribution < 1.29 is 19.1 Å². The molecule has 0 heterocycles. The summed E-state index contributed by atoms with van der Waals surface area (Å²) in [7, 11) is 0. The topological polar surface area (TPSA) is 64.6 Å². The lowest BCUT2D eigenvalue weighted by molar-refractivity contribution is -0.143. The van der Waals surface area contributed by atoms with E-state index in [2.05, 4.69) is 21.2 Å². The van der Waals surface area contributed by atoms with Gasteiger partial charge < -0.3 is 14.8 Å². The molecular formula is C17H15BrClNO4. The van der Waals surface area contributed by atoms with Gasteiger partial charge in [0.15, 0.2) is 0 Å². The molecule has 7 heteroatoms. The van der Waals surface area contributed by atoms with E-state index < -0.39 is 5.97 Å². The molecule has 5 nitrogen and oxygen atoms in total. The van der Waals surface area contributed by atoms with E-state index >= 15 is 0 Å². The average Bonchev–Trinajstić information content (AvgIpc) is 2.59. The van der Waals surface area contributed by atoms with E-state index in [9.17, 15) is 9.59 Å². The number of hydrogen-bond donors (Lipinski definition) is 1. The van der Waals surface area contributed by atoms with Gasteiger partial charge in [-0.15, -0.1) is 0 Å². The Morgan fingerprint density at radius 1 is 1.00 bits per heavy atom. The monoisotopic (exact) mass is 411 g/mol. The molecule has 2 rings (SSSR count). The zero-order valence-corrected chi connectivity index (χ0v) is 15.0. The summed E-state index contributed by atoms with van der Waals surface area (Å²) in [5.41, 5.74) is 0.470. The number of halogens is 2. The molecule has 1 amide bonds. The SMILES string of the molecule is O=C(CNC(=O)c1ccc(Br)cc1)OCCOc1ccc(Cl)cc1. The summed E-state index contributed by atoms with van der Waals surface area (Å²) < 4.78 is 11.2. The van der Waals surface area contributed by atoms with E-state index in [1.165, 1.54) is 0 Å². The second kappa shape index (κ2) is 9.30. The first kappa shape index (κ1) is 18.3. The molecule has 2 aromatic carbocycles. The summed E-state index contributed by atoms with van der Waals surface area (Å²) in [6, 6.07) is 13.7. The van der Waals surface area contributed by atoms with Gasteiger partial charge in [-0.25, -0.2) is 0 Å². The van der Waals surface area contributed by atoms with Crippen LogP contribution in [0.1, 0.15) is 10.4 Å². The van der Waals surface area contributed by atoms with E-state index in [4.69, 9.17) is 21.1 Å². The Kier molecular flexibility index (Phi) is 7.08. The molecule has 24 heavy (non-hydrogen) atoms. The lowest BCUT2D eigenvalue weighted by atomic mass is 10.2. The first-order valence-corrected chi connectivity index (χ1v) is 8.29. The number of nitrogens with one attached hydrogen (secondary N) is 1. The standard InChI is InChI=1S/C17H15BrClNO4/c18-13-3-1-12(2-4-13)17(22)20-11-16(21)24-10-9-23-15-7-5-14(19)6-8-15/h1-8H,9-11H2,(H,20,22). The molecule has 0 spiro atoms. The van der Waals surface area contributed by atoms with Crippen LogP contribution in [0.5, 0.6) is 5.75 Å². The summed E-state index contributed by atoms with van der Waals surface area (Å²) in [6.07, 6.45) is 0. The second-order valence-corrected chi connectivity index (χ2v) is 6.06. The van der Waals surface area contributed by atoms with Crippen molar-refractivity contribution in [2.45, 2.75) is 0 Å². The van der Waals surface area contributed by atoms with Crippen LogP contribution in [0, 0.1) is 0 Å². The Balaban J connectivity index is 1.63. The number of esters is 1. The van der Waals surface area contributed by atoms with Gasteiger partial charge in [0.1, 0.15) is 25.5 Å². The van der Waals surface area contributed by atoms with Gasteiger partial charge in [0.2, 0.25) is 0 Å². The van der Waals surface area contributed by atoms with E-state index in [0.29, 0.717) is 16.3 Å². The van der Waals surface area contributed by atoms with Crippen LogP contribution in [-0.2, 0) is 9.53 Å². The van der Waals surface area contributed by atoms with Crippen LogP contribution in [0.15, 0.2) is 53.0 Å². The maximum absolute atomic E-state index is 11.8. The molecule has 0 unspecified atom stereocenters. The van der Waals surface area contributed by atoms with Crippen LogP contribution in [0.25, 0.3) is 0 Å². The number of ether oxygens (including phenoxy) is 2. The summed E-state index contributed by atoms with van der Waals surface area (Å²) in [4.78, 5) is 23.4. The van der Waals surface area contributed by atoms with Gasteiger partial charge in [-0.1, -0.05) is 27.5 Å². The van der Waals surface area contributed by atoms with Crippen molar-refractivity contribution in [1.82, 2.24) is 5.32 Å². The van der Waals surface area contributed by atoms with E-state index in [-0.39, 0.29) is 25.7 Å². The fourth-order valence-electron chi connectivity index (χ4n) is 1.75. The molecule has 0 saturated carbocycles. The predicted octanol–water partition coefficient (Wildman–Crippen LogP) is 3.45. The van der Waals surface area contributed by atoms with Crippen LogP contribution < -0.4 is 10.1 Å². The molecule has 0 atom stereocenters. The maximum Gasteiger partial charge on any atom is 0.325 e. The molecule has 0 saturated heterocycles. The highest BCUT2D eigenvalue weighted by molar-refractivity contribution is 9.10. The zero-order chi connectivity index (χ0) is 17.4. The Bertz CT molecular complexity index is 689. The smallest absolute Gasteiger partial charge is 0.325 e. The molecule has 0 aliphatic carbocycles. The minimum atomic E-state index is -0.528. The number of benzene rings is 2. The number of hydrogen-bond acceptors (Lipinski definition) is 4. The van der Waals surface area contributed by atoms with Crippen molar-refractivity contribution in [2.75, 3.05) is 19.8 Å². The van der Waals surface area contributed by atoms with Crippen molar-refractivity contribution in [3.05, 3.63) is 63.6 Å². The van der Waals surface area contributed by atoms with Crippen LogP contribution >= 0.6 is 27.5 Å². The first-order chi connectivity index (χ1) is 11.5. The molecule has 126 valence electrons. The van der Waals surface area contributed by atoms with Gasteiger partial charge in [0.25, 0.3) is 5.91 Å². The Hall–Kier alpha value is -2.05. The summed E-state index contributed by atoms with van der Waals surface area (Å²) in [5.74, 6) is -0.226. The normalized spacial score (nSPS) is 10.1. The molecule has 0 aromatic heterocycles. The van der Waals surface area contributed by atoms with Crippen molar-refractivity contribution in [1.29, 1.82) is 0 Å². The van der Waals surface area contributed by atoms with E-state index in [1.54, 1.807) is 48.5 Å². The number of rotatable bonds is 7. The molecule has 0 aliphatic rings. The fraction of sp³-hybridized carbons (Fsp3) is 0.176. The van der Waals surface area contributed by atoms with Gasteiger partial charge in [-0.2, -0.15) is 0 Å². The first-order valence-electron chi connectivity index (χ1n) is 7.12. The van der Waals surface area contributed by atoms with Gasteiger partial charge in [-0.3, -0.25) is 9.59 Å². The largest absolute Gasteiger partial charge is 0.490 e. The van der Waals surface area contributed by atoms with E-state index in [1.807, 2.05) is 0 Å². The van der Waals surface area contributed by atoms with Gasteiger partial charge >= 0.3 is 5.97 Å². The Morgan fingerprint density at radius 3 is 2.33 bits per heavy atom. The lowest BCUT2D eigenvalue weighted by Gasteiger charge is -2.08. The third-order valence-corrected chi connectivity index (χ3v) is 3.71. The second-order valence-electron chi connectivity index (χ2n) is 4.71. The van der Waals surface area contributed by atoms with Gasteiger partial charge in [0.05, 0.1) is 0 Å². The summed E-state index contributed by atoms with van der Waals surface area (Å²) in [5, 5.41) is 3.12. The molecule has 0 radical (unpaired) electrons. The number of amides is 1. The van der Waals surface area contributed by atoms with Crippen molar-refractivity contribution in [3.63, 3.8) is 0 Å². The van der Waals surface area contributed by atoms with E-state index in [0.717, 1.165) is 4.47 Å².